The summed E-state index contributed by atoms with van der Waals surface area (Å²) < 4.78 is 30.1. The lowest BCUT2D eigenvalue weighted by Gasteiger charge is -2.34. The van der Waals surface area contributed by atoms with Crippen molar-refractivity contribution in [2.45, 2.75) is 61.8 Å². The number of fused-ring (bicyclic) bond motifs is 1. The van der Waals surface area contributed by atoms with E-state index in [9.17, 15) is 8.42 Å². The molecule has 6 rings (SSSR count). The lowest BCUT2D eigenvalue weighted by Crippen LogP contribution is -2.44. The van der Waals surface area contributed by atoms with Gasteiger partial charge in [0.05, 0.1) is 22.3 Å². The van der Waals surface area contributed by atoms with Gasteiger partial charge in [0.25, 0.3) is 0 Å². The van der Waals surface area contributed by atoms with E-state index >= 15 is 0 Å². The fourth-order valence-corrected chi connectivity index (χ4v) is 7.86. The first-order chi connectivity index (χ1) is 18.9. The Kier molecular flexibility index (Phi) is 7.31. The maximum Gasteiger partial charge on any atom is 0.243 e. The smallest absolute Gasteiger partial charge is 0.243 e. The Morgan fingerprint density at radius 2 is 1.51 bits per heavy atom. The van der Waals surface area contributed by atoms with Crippen LogP contribution >= 0.6 is 0 Å². The van der Waals surface area contributed by atoms with Gasteiger partial charge >= 0.3 is 0 Å². The van der Waals surface area contributed by atoms with Gasteiger partial charge in [-0.05, 0) is 92.7 Å². The van der Waals surface area contributed by atoms with E-state index in [1.165, 1.54) is 43.2 Å². The SMILES string of the molecule is CN(C)C1CCN(S(=O)(=O)c2ccc(-n3ncc4c(-c5ccc(C6CCCCC6)cc5)cccc43)cc2)CC1. The Hall–Kier alpha value is -3.00. The van der Waals surface area contributed by atoms with E-state index < -0.39 is 10.0 Å². The van der Waals surface area contributed by atoms with Gasteiger partial charge in [-0.1, -0.05) is 55.7 Å². The fraction of sp³-hybridized carbons (Fsp3) is 0.406. The number of benzene rings is 3. The quantitative estimate of drug-likeness (QED) is 0.281. The standard InChI is InChI=1S/C32H38N4O2S/c1-34(2)27-19-21-35(22-20-27)39(37,38)29-17-15-28(16-18-29)36-32-10-6-9-30(31(32)23-33-36)26-13-11-25(12-14-26)24-7-4-3-5-8-24/h6,9-18,23-24,27H,3-5,7-8,19-22H2,1-2H3. The van der Waals surface area contributed by atoms with Crippen molar-refractivity contribution in [2.24, 2.45) is 0 Å². The highest BCUT2D eigenvalue weighted by atomic mass is 32.2. The van der Waals surface area contributed by atoms with E-state index in [0.717, 1.165) is 35.0 Å². The molecule has 0 amide bonds. The maximum atomic E-state index is 13.3. The molecule has 1 saturated carbocycles. The van der Waals surface area contributed by atoms with Crippen LogP contribution in [0.3, 0.4) is 0 Å². The average Bonchev–Trinajstić information content (AvgIpc) is 3.42. The van der Waals surface area contributed by atoms with Crippen LogP contribution in [-0.4, -0.2) is 60.6 Å². The van der Waals surface area contributed by atoms with E-state index in [1.54, 1.807) is 16.4 Å². The molecule has 2 heterocycles. The summed E-state index contributed by atoms with van der Waals surface area (Å²) in [6, 6.07) is 23.0. The third-order valence-corrected chi connectivity index (χ3v) is 10.7. The molecule has 0 radical (unpaired) electrons. The number of nitrogens with zero attached hydrogens (tertiary/aromatic N) is 4. The summed E-state index contributed by atoms with van der Waals surface area (Å²) in [6.07, 6.45) is 10.3. The first-order valence-corrected chi connectivity index (χ1v) is 15.7. The molecular weight excluding hydrogens is 504 g/mol. The highest BCUT2D eigenvalue weighted by Gasteiger charge is 2.30. The third kappa shape index (κ3) is 5.15. The van der Waals surface area contributed by atoms with Crippen molar-refractivity contribution in [3.05, 3.63) is 78.5 Å². The molecule has 6 nitrogen and oxygen atoms in total. The number of piperidine rings is 1. The van der Waals surface area contributed by atoms with Crippen molar-refractivity contribution in [1.29, 1.82) is 0 Å². The zero-order valence-corrected chi connectivity index (χ0v) is 23.8. The van der Waals surface area contributed by atoms with Crippen molar-refractivity contribution in [2.75, 3.05) is 27.2 Å². The van der Waals surface area contributed by atoms with Gasteiger partial charge < -0.3 is 4.90 Å². The fourth-order valence-electron chi connectivity index (χ4n) is 6.39. The first kappa shape index (κ1) is 26.2. The van der Waals surface area contributed by atoms with Crippen LogP contribution in [0.25, 0.3) is 27.7 Å². The van der Waals surface area contributed by atoms with Crippen molar-refractivity contribution in [1.82, 2.24) is 19.0 Å². The van der Waals surface area contributed by atoms with Crippen LogP contribution in [0.5, 0.6) is 0 Å². The summed E-state index contributed by atoms with van der Waals surface area (Å²) in [5.41, 5.74) is 5.66. The zero-order valence-electron chi connectivity index (χ0n) is 23.0. The minimum absolute atomic E-state index is 0.338. The van der Waals surface area contributed by atoms with Crippen LogP contribution in [0, 0.1) is 0 Å². The summed E-state index contributed by atoms with van der Waals surface area (Å²) in [6.45, 7) is 1.11. The molecule has 2 aliphatic rings. The second-order valence-corrected chi connectivity index (χ2v) is 13.3. The summed E-state index contributed by atoms with van der Waals surface area (Å²) in [5, 5.41) is 5.79. The molecule has 0 unspecified atom stereocenters. The number of aromatic nitrogens is 2. The van der Waals surface area contributed by atoms with Gasteiger partial charge in [0, 0.05) is 24.5 Å². The summed E-state index contributed by atoms with van der Waals surface area (Å²) >= 11 is 0. The van der Waals surface area contributed by atoms with E-state index in [2.05, 4.69) is 61.5 Å². The molecule has 2 fully saturated rings. The van der Waals surface area contributed by atoms with Crippen molar-refractivity contribution < 1.29 is 8.42 Å². The molecule has 0 atom stereocenters. The summed E-state index contributed by atoms with van der Waals surface area (Å²) in [7, 11) is 0.609. The van der Waals surface area contributed by atoms with Gasteiger partial charge in [-0.3, -0.25) is 0 Å². The van der Waals surface area contributed by atoms with Gasteiger partial charge in [-0.15, -0.1) is 0 Å². The Morgan fingerprint density at radius 1 is 0.821 bits per heavy atom. The van der Waals surface area contributed by atoms with Gasteiger partial charge in [0.15, 0.2) is 0 Å². The third-order valence-electron chi connectivity index (χ3n) is 8.78. The van der Waals surface area contributed by atoms with Crippen LogP contribution in [-0.2, 0) is 10.0 Å². The van der Waals surface area contributed by atoms with Gasteiger partial charge in [0.1, 0.15) is 0 Å². The average molecular weight is 543 g/mol. The lowest BCUT2D eigenvalue weighted by molar-refractivity contribution is 0.196. The molecule has 1 saturated heterocycles. The van der Waals surface area contributed by atoms with E-state index in [0.29, 0.717) is 29.9 Å². The zero-order chi connectivity index (χ0) is 27.0. The van der Waals surface area contributed by atoms with Crippen LogP contribution < -0.4 is 0 Å². The number of sulfonamides is 1. The van der Waals surface area contributed by atoms with Crippen LogP contribution in [0.15, 0.2) is 77.8 Å². The molecule has 1 aromatic heterocycles. The molecule has 0 spiro atoms. The molecule has 4 aromatic rings. The molecule has 0 bridgehead atoms. The molecule has 7 heteroatoms. The largest absolute Gasteiger partial charge is 0.306 e. The number of hydrogen-bond donors (Lipinski definition) is 0. The normalized spacial score (nSPS) is 18.2. The second-order valence-electron chi connectivity index (χ2n) is 11.3. The topological polar surface area (TPSA) is 58.4 Å². The Morgan fingerprint density at radius 3 is 2.18 bits per heavy atom. The minimum atomic E-state index is -3.51. The molecular formula is C32H38N4O2S. The highest BCUT2D eigenvalue weighted by molar-refractivity contribution is 7.89. The Bertz CT molecular complexity index is 1530. The van der Waals surface area contributed by atoms with Crippen LogP contribution in [0.4, 0.5) is 0 Å². The van der Waals surface area contributed by atoms with Crippen molar-refractivity contribution in [3.8, 4) is 16.8 Å². The van der Waals surface area contributed by atoms with E-state index in [1.807, 2.05) is 23.0 Å². The van der Waals surface area contributed by atoms with Gasteiger partial charge in [-0.2, -0.15) is 9.40 Å². The number of hydrogen-bond acceptors (Lipinski definition) is 4. The summed E-state index contributed by atoms with van der Waals surface area (Å²) in [5.74, 6) is 0.697. The Balaban J connectivity index is 1.23. The second kappa shape index (κ2) is 10.9. The molecule has 3 aromatic carbocycles. The minimum Gasteiger partial charge on any atom is -0.306 e. The predicted molar refractivity (Wildman–Crippen MR) is 158 cm³/mol. The maximum absolute atomic E-state index is 13.3. The van der Waals surface area contributed by atoms with E-state index in [4.69, 9.17) is 5.10 Å². The monoisotopic (exact) mass is 542 g/mol. The van der Waals surface area contributed by atoms with Crippen LogP contribution in [0.2, 0.25) is 0 Å². The molecule has 1 aliphatic heterocycles. The first-order valence-electron chi connectivity index (χ1n) is 14.3. The summed E-state index contributed by atoms with van der Waals surface area (Å²) in [4.78, 5) is 2.52. The number of rotatable bonds is 6. The Labute approximate surface area is 232 Å². The van der Waals surface area contributed by atoms with Crippen molar-refractivity contribution in [3.63, 3.8) is 0 Å². The predicted octanol–water partition coefficient (Wildman–Crippen LogP) is 6.45. The lowest BCUT2D eigenvalue weighted by atomic mass is 9.83. The van der Waals surface area contributed by atoms with Gasteiger partial charge in [-0.25, -0.2) is 13.1 Å². The molecule has 39 heavy (non-hydrogen) atoms. The molecule has 0 N–H and O–H groups in total. The highest BCUT2D eigenvalue weighted by Crippen LogP contribution is 2.35. The molecule has 1 aliphatic carbocycles. The molecule has 204 valence electrons. The van der Waals surface area contributed by atoms with Gasteiger partial charge in [0.2, 0.25) is 10.0 Å². The van der Waals surface area contributed by atoms with Crippen LogP contribution in [0.1, 0.15) is 56.4 Å². The van der Waals surface area contributed by atoms with Crippen molar-refractivity contribution >= 4 is 20.9 Å². The van der Waals surface area contributed by atoms with E-state index in [-0.39, 0.29) is 0 Å².